The molecule has 0 amide bonds. The summed E-state index contributed by atoms with van der Waals surface area (Å²) in [5, 5.41) is 0. The molecule has 0 aromatic heterocycles. The summed E-state index contributed by atoms with van der Waals surface area (Å²) in [6.07, 6.45) is 6.25. The van der Waals surface area contributed by atoms with Gasteiger partial charge in [0.25, 0.3) is 0 Å². The lowest BCUT2D eigenvalue weighted by Crippen LogP contribution is -2.63. The van der Waals surface area contributed by atoms with Gasteiger partial charge in [0.2, 0.25) is 0 Å². The topological polar surface area (TPSA) is 96.0 Å². The average molecular weight is 491 g/mol. The first-order valence-electron chi connectivity index (χ1n) is 13.4. The molecule has 7 heteroatoms. The molecule has 0 spiro atoms. The Morgan fingerprint density at radius 2 is 1.51 bits per heavy atom. The Kier molecular flexibility index (Phi) is 7.11. The van der Waals surface area contributed by atoms with Crippen molar-refractivity contribution in [2.24, 2.45) is 46.3 Å². The fourth-order valence-electron chi connectivity index (χ4n) is 9.14. The minimum atomic E-state index is -0.344. The zero-order valence-electron chi connectivity index (χ0n) is 22.1. The van der Waals surface area contributed by atoms with Gasteiger partial charge in [0, 0.05) is 38.0 Å². The lowest BCUT2D eigenvalue weighted by molar-refractivity contribution is -0.224. The quantitative estimate of drug-likeness (QED) is 0.318. The van der Waals surface area contributed by atoms with Crippen LogP contribution < -0.4 is 0 Å². The van der Waals surface area contributed by atoms with Gasteiger partial charge in [-0.05, 0) is 74.0 Å². The maximum atomic E-state index is 12.3. The summed E-state index contributed by atoms with van der Waals surface area (Å²) in [5.74, 6) is 0.00764. The molecule has 0 unspecified atom stereocenters. The summed E-state index contributed by atoms with van der Waals surface area (Å²) < 4.78 is 17.7. The first-order chi connectivity index (χ1) is 16.4. The second-order valence-electron chi connectivity index (χ2n) is 12.3. The van der Waals surface area contributed by atoms with Gasteiger partial charge >= 0.3 is 17.9 Å². The number of hydrogen-bond donors (Lipinski definition) is 0. The number of ether oxygens (including phenoxy) is 3. The zero-order chi connectivity index (χ0) is 25.7. The Labute approximate surface area is 209 Å². The maximum Gasteiger partial charge on any atom is 0.302 e. The van der Waals surface area contributed by atoms with Crippen molar-refractivity contribution in [3.05, 3.63) is 0 Å². The van der Waals surface area contributed by atoms with Gasteiger partial charge in [-0.15, -0.1) is 0 Å². The van der Waals surface area contributed by atoms with Crippen LogP contribution in [-0.2, 0) is 33.4 Å². The van der Waals surface area contributed by atoms with E-state index < -0.39 is 0 Å². The van der Waals surface area contributed by atoms with E-state index in [0.717, 1.165) is 44.8 Å². The minimum absolute atomic E-state index is 0.0218. The zero-order valence-corrected chi connectivity index (χ0v) is 22.1. The van der Waals surface area contributed by atoms with Crippen molar-refractivity contribution < 1.29 is 33.4 Å². The third-order valence-electron chi connectivity index (χ3n) is 10.6. The van der Waals surface area contributed by atoms with Crippen LogP contribution in [0.2, 0.25) is 0 Å². The average Bonchev–Trinajstić information content (AvgIpc) is 3.12. The van der Waals surface area contributed by atoms with E-state index in [0.29, 0.717) is 6.42 Å². The lowest BCUT2D eigenvalue weighted by atomic mass is 9.43. The van der Waals surface area contributed by atoms with Crippen LogP contribution in [0.25, 0.3) is 0 Å². The highest BCUT2D eigenvalue weighted by Crippen LogP contribution is 2.69. The molecule has 4 saturated carbocycles. The van der Waals surface area contributed by atoms with E-state index in [2.05, 4.69) is 13.8 Å². The van der Waals surface area contributed by atoms with E-state index in [4.69, 9.17) is 14.2 Å². The number of carbonyl (C=O) groups is 4. The Morgan fingerprint density at radius 1 is 0.857 bits per heavy atom. The molecule has 0 saturated heterocycles. The number of carbonyl (C=O) groups excluding carboxylic acids is 4. The first kappa shape index (κ1) is 26.2. The molecular weight excluding hydrogens is 448 g/mol. The number of fused-ring (bicyclic) bond motifs is 5. The Bertz CT molecular complexity index is 869. The molecular formula is C28H42O7. The molecule has 4 aliphatic carbocycles. The van der Waals surface area contributed by atoms with Crippen molar-refractivity contribution in [1.82, 2.24) is 0 Å². The van der Waals surface area contributed by atoms with Gasteiger partial charge in [-0.1, -0.05) is 20.8 Å². The summed E-state index contributed by atoms with van der Waals surface area (Å²) in [6, 6.07) is 0. The molecule has 0 aliphatic heterocycles. The third kappa shape index (κ3) is 4.42. The van der Waals surface area contributed by atoms with E-state index in [1.165, 1.54) is 20.8 Å². The van der Waals surface area contributed by atoms with Crippen LogP contribution in [0.5, 0.6) is 0 Å². The second kappa shape index (κ2) is 9.51. The van der Waals surface area contributed by atoms with E-state index in [9.17, 15) is 19.2 Å². The van der Waals surface area contributed by atoms with E-state index in [-0.39, 0.29) is 82.6 Å². The molecule has 4 rings (SSSR count). The number of hydrogen-bond acceptors (Lipinski definition) is 7. The molecule has 196 valence electrons. The fraction of sp³-hybridized carbons (Fsp3) is 0.857. The van der Waals surface area contributed by atoms with Gasteiger partial charge in [0.05, 0.1) is 0 Å². The second-order valence-corrected chi connectivity index (χ2v) is 12.3. The van der Waals surface area contributed by atoms with Crippen molar-refractivity contribution in [2.45, 2.75) is 105 Å². The van der Waals surface area contributed by atoms with Gasteiger partial charge in [-0.25, -0.2) is 0 Å². The van der Waals surface area contributed by atoms with Gasteiger partial charge in [0.15, 0.2) is 0 Å². The summed E-state index contributed by atoms with van der Waals surface area (Å²) in [4.78, 5) is 48.0. The van der Waals surface area contributed by atoms with E-state index in [1.807, 2.05) is 6.92 Å². The van der Waals surface area contributed by atoms with Crippen LogP contribution in [0.3, 0.4) is 0 Å². The summed E-state index contributed by atoms with van der Waals surface area (Å²) in [6.45, 7) is 10.9. The highest BCUT2D eigenvalue weighted by molar-refractivity contribution is 5.67. The fourth-order valence-corrected chi connectivity index (χ4v) is 9.14. The minimum Gasteiger partial charge on any atom is -0.463 e. The molecule has 7 nitrogen and oxygen atoms in total. The van der Waals surface area contributed by atoms with Crippen molar-refractivity contribution in [3.63, 3.8) is 0 Å². The van der Waals surface area contributed by atoms with Crippen LogP contribution in [0.4, 0.5) is 0 Å². The van der Waals surface area contributed by atoms with Gasteiger partial charge < -0.3 is 19.0 Å². The number of esters is 3. The summed E-state index contributed by atoms with van der Waals surface area (Å²) >= 11 is 0. The predicted molar refractivity (Wildman–Crippen MR) is 128 cm³/mol. The van der Waals surface area contributed by atoms with Gasteiger partial charge in [0.1, 0.15) is 24.6 Å². The smallest absolute Gasteiger partial charge is 0.302 e. The lowest BCUT2D eigenvalue weighted by Gasteiger charge is -2.64. The third-order valence-corrected chi connectivity index (χ3v) is 10.6. The first-order valence-corrected chi connectivity index (χ1v) is 13.4. The maximum absolute atomic E-state index is 12.3. The molecule has 0 bridgehead atoms. The highest BCUT2D eigenvalue weighted by atomic mass is 16.6. The van der Waals surface area contributed by atoms with Crippen molar-refractivity contribution in [3.8, 4) is 0 Å². The van der Waals surface area contributed by atoms with Gasteiger partial charge in [-0.2, -0.15) is 0 Å². The molecule has 0 N–H and O–H groups in total. The predicted octanol–water partition coefficient (Wildman–Crippen LogP) is 4.50. The standard InChI is InChI=1S/C28H42O7/c1-15(14-29)21-7-8-22-26-23(13-25(28(21,22)6)35-18(4)32)27(5)10-9-20(33-16(2)30)11-19(27)12-24(26)34-17(3)31/h14-15,19-26H,7-13H2,1-6H3/t15-,19+,20-,21-,22+,23+,24-,25+,26+,27+,28-/m1/s1. The monoisotopic (exact) mass is 490 g/mol. The van der Waals surface area contributed by atoms with E-state index >= 15 is 0 Å². The molecule has 0 heterocycles. The van der Waals surface area contributed by atoms with Crippen LogP contribution in [0, 0.1) is 46.3 Å². The van der Waals surface area contributed by atoms with Gasteiger partial charge in [-0.3, -0.25) is 14.4 Å². The van der Waals surface area contributed by atoms with Crippen LogP contribution in [-0.4, -0.2) is 42.5 Å². The normalized spacial score (nSPS) is 45.2. The molecule has 35 heavy (non-hydrogen) atoms. The molecule has 4 fully saturated rings. The number of aldehydes is 1. The van der Waals surface area contributed by atoms with Crippen molar-refractivity contribution in [1.29, 1.82) is 0 Å². The Balaban J connectivity index is 1.75. The summed E-state index contributed by atoms with van der Waals surface area (Å²) in [5.41, 5.74) is -0.365. The van der Waals surface area contributed by atoms with Crippen LogP contribution >= 0.6 is 0 Å². The van der Waals surface area contributed by atoms with E-state index in [1.54, 1.807) is 0 Å². The van der Waals surface area contributed by atoms with Crippen LogP contribution in [0.1, 0.15) is 86.5 Å². The van der Waals surface area contributed by atoms with Crippen LogP contribution in [0.15, 0.2) is 0 Å². The molecule has 0 radical (unpaired) electrons. The molecule has 0 aromatic carbocycles. The molecule has 4 aliphatic rings. The molecule has 0 aromatic rings. The largest absolute Gasteiger partial charge is 0.463 e. The van der Waals surface area contributed by atoms with Crippen molar-refractivity contribution >= 4 is 24.2 Å². The molecule has 11 atom stereocenters. The Hall–Kier alpha value is -1.92. The Morgan fingerprint density at radius 3 is 2.11 bits per heavy atom. The van der Waals surface area contributed by atoms with Crippen molar-refractivity contribution in [2.75, 3.05) is 0 Å². The highest BCUT2D eigenvalue weighted by Gasteiger charge is 2.67. The SMILES string of the molecule is CC(=O)O[C@@H]1CC[C@@]2(C)[C@@H](C1)C[C@@H](OC(C)=O)[C@@H]1[C@@H]2C[C@H](OC(C)=O)[C@]2(C)[C@@H]([C@H](C)C=O)CC[C@@H]12. The number of rotatable bonds is 5. The summed E-state index contributed by atoms with van der Waals surface area (Å²) in [7, 11) is 0.